The van der Waals surface area contributed by atoms with Crippen molar-refractivity contribution >= 4 is 11.9 Å². The van der Waals surface area contributed by atoms with E-state index in [1.807, 2.05) is 0 Å². The van der Waals surface area contributed by atoms with E-state index in [4.69, 9.17) is 14.2 Å². The van der Waals surface area contributed by atoms with Crippen molar-refractivity contribution in [3.05, 3.63) is 65.5 Å². The van der Waals surface area contributed by atoms with Gasteiger partial charge in [0.1, 0.15) is 18.2 Å². The maximum Gasteiger partial charge on any atom is 0.338 e. The molecule has 2 aromatic carbocycles. The van der Waals surface area contributed by atoms with Gasteiger partial charge in [-0.3, -0.25) is 4.79 Å². The molecule has 154 valence electrons. The molecule has 1 atom stereocenters. The second-order valence-electron chi connectivity index (χ2n) is 6.89. The molecule has 29 heavy (non-hydrogen) atoms. The van der Waals surface area contributed by atoms with Crippen LogP contribution in [-0.2, 0) is 20.8 Å². The fraction of sp³-hybridized carbons (Fsp3) is 0.364. The Morgan fingerprint density at radius 1 is 1.17 bits per heavy atom. The number of ether oxygens (including phenoxy) is 3. The fourth-order valence-corrected chi connectivity index (χ4v) is 2.94. The lowest BCUT2D eigenvalue weighted by Gasteiger charge is -2.17. The molecule has 2 aromatic rings. The van der Waals surface area contributed by atoms with Crippen molar-refractivity contribution in [3.63, 3.8) is 0 Å². The van der Waals surface area contributed by atoms with E-state index in [1.54, 1.807) is 42.5 Å². The van der Waals surface area contributed by atoms with Gasteiger partial charge in [-0.1, -0.05) is 18.2 Å². The van der Waals surface area contributed by atoms with Gasteiger partial charge < -0.3 is 19.1 Å². The van der Waals surface area contributed by atoms with Crippen LogP contribution in [0.15, 0.2) is 48.5 Å². The molecule has 0 radical (unpaired) electrons. The van der Waals surface area contributed by atoms with Crippen LogP contribution < -0.4 is 4.74 Å². The molecule has 7 heteroatoms. The van der Waals surface area contributed by atoms with Gasteiger partial charge in [0.15, 0.2) is 6.61 Å². The maximum absolute atomic E-state index is 13.7. The summed E-state index contributed by atoms with van der Waals surface area (Å²) in [6.07, 6.45) is 2.16. The van der Waals surface area contributed by atoms with Gasteiger partial charge in [-0.2, -0.15) is 0 Å². The Morgan fingerprint density at radius 2 is 1.93 bits per heavy atom. The molecule has 0 N–H and O–H groups in total. The van der Waals surface area contributed by atoms with Crippen molar-refractivity contribution in [2.24, 2.45) is 0 Å². The van der Waals surface area contributed by atoms with Crippen molar-refractivity contribution in [3.8, 4) is 5.75 Å². The number of hydrogen-bond acceptors (Lipinski definition) is 5. The van der Waals surface area contributed by atoms with E-state index < -0.39 is 18.5 Å². The first-order valence-corrected chi connectivity index (χ1v) is 9.52. The van der Waals surface area contributed by atoms with Gasteiger partial charge in [-0.15, -0.1) is 0 Å². The average molecular weight is 401 g/mol. The summed E-state index contributed by atoms with van der Waals surface area (Å²) < 4.78 is 29.9. The number of hydrogen-bond donors (Lipinski definition) is 0. The second-order valence-corrected chi connectivity index (χ2v) is 6.89. The summed E-state index contributed by atoms with van der Waals surface area (Å²) in [7, 11) is 1.53. The highest BCUT2D eigenvalue weighted by Crippen LogP contribution is 2.17. The minimum atomic E-state index is -0.608. The van der Waals surface area contributed by atoms with E-state index in [-0.39, 0.29) is 18.5 Å². The van der Waals surface area contributed by atoms with Crippen LogP contribution >= 0.6 is 0 Å². The molecular weight excluding hydrogens is 377 g/mol. The summed E-state index contributed by atoms with van der Waals surface area (Å²) in [6.45, 7) is 0.931. The van der Waals surface area contributed by atoms with Gasteiger partial charge in [0, 0.05) is 25.8 Å². The van der Waals surface area contributed by atoms with Gasteiger partial charge in [0.05, 0.1) is 11.7 Å². The monoisotopic (exact) mass is 401 g/mol. The topological polar surface area (TPSA) is 65.1 Å². The predicted molar refractivity (Wildman–Crippen MR) is 104 cm³/mol. The number of carbonyl (C=O) groups excluding carboxylic acids is 2. The van der Waals surface area contributed by atoms with Crippen LogP contribution in [0.1, 0.15) is 28.8 Å². The molecule has 1 saturated heterocycles. The van der Waals surface area contributed by atoms with E-state index >= 15 is 0 Å². The van der Waals surface area contributed by atoms with Crippen LogP contribution in [0.25, 0.3) is 0 Å². The summed E-state index contributed by atoms with van der Waals surface area (Å²) in [5, 5.41) is 0. The molecule has 6 nitrogen and oxygen atoms in total. The minimum Gasteiger partial charge on any atom is -0.491 e. The first kappa shape index (κ1) is 20.8. The Bertz CT molecular complexity index is 833. The van der Waals surface area contributed by atoms with E-state index in [9.17, 15) is 14.0 Å². The number of nitrogens with zero attached hydrogens (tertiary/aromatic N) is 1. The van der Waals surface area contributed by atoms with Crippen LogP contribution in [0, 0.1) is 5.82 Å². The smallest absolute Gasteiger partial charge is 0.338 e. The number of rotatable bonds is 8. The molecule has 0 aromatic heterocycles. The van der Waals surface area contributed by atoms with E-state index in [1.165, 1.54) is 18.0 Å². The third kappa shape index (κ3) is 6.02. The molecule has 0 spiro atoms. The van der Waals surface area contributed by atoms with Crippen LogP contribution in [0.3, 0.4) is 0 Å². The molecule has 1 heterocycles. The molecule has 3 rings (SSSR count). The van der Waals surface area contributed by atoms with Gasteiger partial charge in [-0.05, 0) is 43.2 Å². The first-order chi connectivity index (χ1) is 14.0. The number of benzene rings is 2. The summed E-state index contributed by atoms with van der Waals surface area (Å²) in [6, 6.07) is 12.7. The van der Waals surface area contributed by atoms with Crippen LogP contribution in [0.5, 0.6) is 5.75 Å². The third-order valence-corrected chi connectivity index (χ3v) is 4.67. The largest absolute Gasteiger partial charge is 0.491 e. The van der Waals surface area contributed by atoms with Gasteiger partial charge >= 0.3 is 5.97 Å². The Morgan fingerprint density at radius 3 is 2.62 bits per heavy atom. The highest BCUT2D eigenvalue weighted by molar-refractivity contribution is 5.91. The van der Waals surface area contributed by atoms with Crippen molar-refractivity contribution in [2.75, 3.05) is 26.9 Å². The minimum absolute atomic E-state index is 0.0970. The van der Waals surface area contributed by atoms with Crippen molar-refractivity contribution in [1.82, 2.24) is 4.90 Å². The predicted octanol–water partition coefficient (Wildman–Crippen LogP) is 3.20. The van der Waals surface area contributed by atoms with Crippen LogP contribution in [0.2, 0.25) is 0 Å². The average Bonchev–Trinajstić information content (AvgIpc) is 3.26. The molecule has 0 saturated carbocycles. The zero-order chi connectivity index (χ0) is 20.6. The van der Waals surface area contributed by atoms with Crippen molar-refractivity contribution in [1.29, 1.82) is 0 Å². The number of halogens is 1. The normalized spacial score (nSPS) is 15.7. The molecule has 0 bridgehead atoms. The zero-order valence-corrected chi connectivity index (χ0v) is 16.3. The van der Waals surface area contributed by atoms with E-state index in [0.29, 0.717) is 23.5 Å². The lowest BCUT2D eigenvalue weighted by Crippen LogP contribution is -2.31. The Hall–Kier alpha value is -2.93. The van der Waals surface area contributed by atoms with E-state index in [2.05, 4.69) is 0 Å². The number of amides is 1. The van der Waals surface area contributed by atoms with Crippen molar-refractivity contribution < 1.29 is 28.2 Å². The van der Waals surface area contributed by atoms with E-state index in [0.717, 1.165) is 19.4 Å². The fourth-order valence-electron chi connectivity index (χ4n) is 2.94. The number of likely N-dealkylation sites (N-methyl/N-ethyl adjacent to an activating group) is 1. The maximum atomic E-state index is 13.7. The number of carbonyl (C=O) groups is 2. The van der Waals surface area contributed by atoms with Gasteiger partial charge in [-0.25, -0.2) is 9.18 Å². The quantitative estimate of drug-likeness (QED) is 0.636. The molecular formula is C22H24FNO5. The SMILES string of the molecule is CN(Cc1ccccc1F)C(=O)COC(=O)c1ccc(OCC2CCCO2)cc1. The second kappa shape index (κ2) is 10.0. The highest BCUT2D eigenvalue weighted by Gasteiger charge is 2.17. The van der Waals surface area contributed by atoms with Crippen molar-refractivity contribution in [2.45, 2.75) is 25.5 Å². The lowest BCUT2D eigenvalue weighted by molar-refractivity contribution is -0.133. The standard InChI is InChI=1S/C22H24FNO5/c1-24(13-17-5-2-3-7-20(17)23)21(25)15-29-22(26)16-8-10-18(11-9-16)28-14-19-6-4-12-27-19/h2-3,5,7-11,19H,4,6,12-15H2,1H3. The summed E-state index contributed by atoms with van der Waals surface area (Å²) in [4.78, 5) is 25.6. The Labute approximate surface area is 169 Å². The Kier molecular flexibility index (Phi) is 7.19. The van der Waals surface area contributed by atoms with Gasteiger partial charge in [0.25, 0.3) is 5.91 Å². The summed E-state index contributed by atoms with van der Waals surface area (Å²) in [5.74, 6) is -0.773. The third-order valence-electron chi connectivity index (χ3n) is 4.67. The van der Waals surface area contributed by atoms with Crippen LogP contribution in [-0.4, -0.2) is 49.7 Å². The first-order valence-electron chi connectivity index (χ1n) is 9.52. The molecule has 1 aliphatic rings. The highest BCUT2D eigenvalue weighted by atomic mass is 19.1. The molecule has 1 aliphatic heterocycles. The summed E-state index contributed by atoms with van der Waals surface area (Å²) >= 11 is 0. The molecule has 0 aliphatic carbocycles. The molecule has 1 fully saturated rings. The van der Waals surface area contributed by atoms with Gasteiger partial charge in [0.2, 0.25) is 0 Å². The zero-order valence-electron chi connectivity index (χ0n) is 16.3. The van der Waals surface area contributed by atoms with Crippen LogP contribution in [0.4, 0.5) is 4.39 Å². The lowest BCUT2D eigenvalue weighted by atomic mass is 10.2. The number of esters is 1. The summed E-state index contributed by atoms with van der Waals surface area (Å²) in [5.41, 5.74) is 0.715. The molecule has 1 unspecified atom stereocenters. The molecule has 1 amide bonds. The Balaban J connectivity index is 1.44.